The van der Waals surface area contributed by atoms with Crippen molar-refractivity contribution in [2.45, 2.75) is 32.6 Å². The number of anilines is 1. The number of nitrogens with two attached hydrogens (primary N) is 1. The van der Waals surface area contributed by atoms with Crippen molar-refractivity contribution in [3.8, 4) is 0 Å². The summed E-state index contributed by atoms with van der Waals surface area (Å²) in [4.78, 5) is 13.2. The fourth-order valence-electron chi connectivity index (χ4n) is 1.82. The summed E-state index contributed by atoms with van der Waals surface area (Å²) in [6.07, 6.45) is 3.41. The SMILES string of the molecule is CCc1ccc(N(C)CCCCC(=O)NN)cc1. The lowest BCUT2D eigenvalue weighted by Crippen LogP contribution is -2.29. The van der Waals surface area contributed by atoms with Crippen LogP contribution in [0.3, 0.4) is 0 Å². The number of nitrogens with one attached hydrogen (secondary N) is 1. The summed E-state index contributed by atoms with van der Waals surface area (Å²) in [7, 11) is 2.07. The van der Waals surface area contributed by atoms with Crippen LogP contribution in [-0.2, 0) is 11.2 Å². The highest BCUT2D eigenvalue weighted by Crippen LogP contribution is 2.14. The van der Waals surface area contributed by atoms with E-state index >= 15 is 0 Å². The minimum absolute atomic E-state index is 0.0926. The molecule has 4 nitrogen and oxygen atoms in total. The first-order chi connectivity index (χ1) is 8.67. The van der Waals surface area contributed by atoms with Gasteiger partial charge in [0, 0.05) is 25.7 Å². The van der Waals surface area contributed by atoms with Gasteiger partial charge in [0.1, 0.15) is 0 Å². The van der Waals surface area contributed by atoms with E-state index in [1.54, 1.807) is 0 Å². The summed E-state index contributed by atoms with van der Waals surface area (Å²) in [5.41, 5.74) is 4.72. The monoisotopic (exact) mass is 249 g/mol. The molecule has 0 saturated heterocycles. The van der Waals surface area contributed by atoms with Crippen LogP contribution < -0.4 is 16.2 Å². The Bertz CT molecular complexity index is 362. The van der Waals surface area contributed by atoms with Crippen LogP contribution in [0.4, 0.5) is 5.69 Å². The molecule has 4 heteroatoms. The van der Waals surface area contributed by atoms with Crippen LogP contribution in [-0.4, -0.2) is 19.5 Å². The van der Waals surface area contributed by atoms with E-state index < -0.39 is 0 Å². The first-order valence-corrected chi connectivity index (χ1v) is 6.47. The number of aryl methyl sites for hydroxylation is 1. The summed E-state index contributed by atoms with van der Waals surface area (Å²) in [5, 5.41) is 0. The van der Waals surface area contributed by atoms with Crippen molar-refractivity contribution in [1.82, 2.24) is 5.43 Å². The Hall–Kier alpha value is -1.55. The molecule has 0 aromatic heterocycles. The molecule has 0 spiro atoms. The number of carbonyl (C=O) groups is 1. The van der Waals surface area contributed by atoms with Crippen LogP contribution in [0.5, 0.6) is 0 Å². The van der Waals surface area contributed by atoms with Gasteiger partial charge in [-0.1, -0.05) is 19.1 Å². The minimum atomic E-state index is -0.0926. The number of benzene rings is 1. The van der Waals surface area contributed by atoms with E-state index in [9.17, 15) is 4.79 Å². The van der Waals surface area contributed by atoms with Gasteiger partial charge in [0.05, 0.1) is 0 Å². The molecule has 1 aromatic carbocycles. The molecule has 0 unspecified atom stereocenters. The van der Waals surface area contributed by atoms with Gasteiger partial charge in [-0.3, -0.25) is 10.2 Å². The van der Waals surface area contributed by atoms with E-state index in [0.29, 0.717) is 6.42 Å². The van der Waals surface area contributed by atoms with E-state index in [-0.39, 0.29) is 5.91 Å². The average molecular weight is 249 g/mol. The number of amides is 1. The van der Waals surface area contributed by atoms with Crippen molar-refractivity contribution in [3.05, 3.63) is 29.8 Å². The molecule has 0 aliphatic carbocycles. The van der Waals surface area contributed by atoms with Crippen LogP contribution >= 0.6 is 0 Å². The third-order valence-electron chi connectivity index (χ3n) is 3.09. The van der Waals surface area contributed by atoms with Gasteiger partial charge in [0.2, 0.25) is 5.91 Å². The Morgan fingerprint density at radius 1 is 1.28 bits per heavy atom. The number of unbranched alkanes of at least 4 members (excludes halogenated alkanes) is 1. The van der Waals surface area contributed by atoms with Gasteiger partial charge in [0.15, 0.2) is 0 Å². The highest BCUT2D eigenvalue weighted by atomic mass is 16.2. The molecule has 0 heterocycles. The molecule has 3 N–H and O–H groups in total. The Morgan fingerprint density at radius 3 is 2.50 bits per heavy atom. The molecular weight excluding hydrogens is 226 g/mol. The minimum Gasteiger partial charge on any atom is -0.375 e. The van der Waals surface area contributed by atoms with Crippen molar-refractivity contribution in [2.75, 3.05) is 18.5 Å². The molecule has 1 aromatic rings. The van der Waals surface area contributed by atoms with Crippen molar-refractivity contribution >= 4 is 11.6 Å². The molecular formula is C14H23N3O. The lowest BCUT2D eigenvalue weighted by Gasteiger charge is -2.19. The van der Waals surface area contributed by atoms with Gasteiger partial charge < -0.3 is 4.90 Å². The molecule has 1 rings (SSSR count). The van der Waals surface area contributed by atoms with Gasteiger partial charge in [-0.15, -0.1) is 0 Å². The largest absolute Gasteiger partial charge is 0.375 e. The molecule has 0 saturated carbocycles. The maximum atomic E-state index is 10.9. The molecule has 100 valence electrons. The second-order valence-corrected chi connectivity index (χ2v) is 4.47. The Balaban J connectivity index is 2.31. The van der Waals surface area contributed by atoms with E-state index in [1.807, 2.05) is 0 Å². The summed E-state index contributed by atoms with van der Waals surface area (Å²) in [6, 6.07) is 8.61. The molecule has 0 fully saturated rings. The lowest BCUT2D eigenvalue weighted by atomic mass is 10.1. The van der Waals surface area contributed by atoms with Crippen LogP contribution in [0.25, 0.3) is 0 Å². The third-order valence-corrected chi connectivity index (χ3v) is 3.09. The second-order valence-electron chi connectivity index (χ2n) is 4.47. The number of rotatable bonds is 7. The zero-order chi connectivity index (χ0) is 13.4. The smallest absolute Gasteiger partial charge is 0.233 e. The first kappa shape index (κ1) is 14.5. The normalized spacial score (nSPS) is 10.2. The summed E-state index contributed by atoms with van der Waals surface area (Å²) in [6.45, 7) is 3.10. The molecule has 0 atom stereocenters. The van der Waals surface area contributed by atoms with Crippen molar-refractivity contribution in [1.29, 1.82) is 0 Å². The highest BCUT2D eigenvalue weighted by molar-refractivity contribution is 5.75. The molecule has 0 radical (unpaired) electrons. The molecule has 1 amide bonds. The lowest BCUT2D eigenvalue weighted by molar-refractivity contribution is -0.121. The number of nitrogens with zero attached hydrogens (tertiary/aromatic N) is 1. The zero-order valence-electron chi connectivity index (χ0n) is 11.3. The van der Waals surface area contributed by atoms with Gasteiger partial charge >= 0.3 is 0 Å². The van der Waals surface area contributed by atoms with Crippen LogP contribution in [0, 0.1) is 0 Å². The van der Waals surface area contributed by atoms with Gasteiger partial charge in [-0.25, -0.2) is 5.84 Å². The fraction of sp³-hybridized carbons (Fsp3) is 0.500. The maximum absolute atomic E-state index is 10.9. The average Bonchev–Trinajstić information content (AvgIpc) is 2.43. The van der Waals surface area contributed by atoms with E-state index in [4.69, 9.17) is 5.84 Å². The zero-order valence-corrected chi connectivity index (χ0v) is 11.3. The summed E-state index contributed by atoms with van der Waals surface area (Å²) < 4.78 is 0. The maximum Gasteiger partial charge on any atom is 0.233 e. The Kier molecular flexibility index (Phi) is 6.22. The highest BCUT2D eigenvalue weighted by Gasteiger charge is 2.02. The molecule has 0 aliphatic rings. The summed E-state index contributed by atoms with van der Waals surface area (Å²) in [5.74, 6) is 4.93. The number of hydrogen-bond donors (Lipinski definition) is 2. The molecule has 0 bridgehead atoms. The Labute approximate surface area is 109 Å². The summed E-state index contributed by atoms with van der Waals surface area (Å²) >= 11 is 0. The second kappa shape index (κ2) is 7.71. The number of hydrogen-bond acceptors (Lipinski definition) is 3. The predicted molar refractivity (Wildman–Crippen MR) is 75.3 cm³/mol. The van der Waals surface area contributed by atoms with Crippen molar-refractivity contribution < 1.29 is 4.79 Å². The van der Waals surface area contributed by atoms with E-state index in [2.05, 4.69) is 48.6 Å². The van der Waals surface area contributed by atoms with Crippen molar-refractivity contribution in [2.24, 2.45) is 5.84 Å². The van der Waals surface area contributed by atoms with E-state index in [1.165, 1.54) is 11.3 Å². The molecule has 0 aliphatic heterocycles. The third kappa shape index (κ3) is 4.75. The van der Waals surface area contributed by atoms with Crippen LogP contribution in [0.1, 0.15) is 31.7 Å². The number of carbonyl (C=O) groups excluding carboxylic acids is 1. The first-order valence-electron chi connectivity index (χ1n) is 6.47. The Morgan fingerprint density at radius 2 is 1.94 bits per heavy atom. The fourth-order valence-corrected chi connectivity index (χ4v) is 1.82. The topological polar surface area (TPSA) is 58.4 Å². The van der Waals surface area contributed by atoms with Gasteiger partial charge in [-0.05, 0) is 37.0 Å². The van der Waals surface area contributed by atoms with Crippen molar-refractivity contribution in [3.63, 3.8) is 0 Å². The standard InChI is InChI=1S/C14H23N3O/c1-3-12-7-9-13(10-8-12)17(2)11-5-4-6-14(18)16-15/h7-10H,3-6,11,15H2,1-2H3,(H,16,18). The van der Waals surface area contributed by atoms with Gasteiger partial charge in [-0.2, -0.15) is 0 Å². The molecule has 18 heavy (non-hydrogen) atoms. The quantitative estimate of drug-likeness (QED) is 0.335. The van der Waals surface area contributed by atoms with Crippen LogP contribution in [0.2, 0.25) is 0 Å². The predicted octanol–water partition coefficient (Wildman–Crippen LogP) is 1.85. The van der Waals surface area contributed by atoms with Crippen LogP contribution in [0.15, 0.2) is 24.3 Å². The number of hydrazine groups is 1. The van der Waals surface area contributed by atoms with Gasteiger partial charge in [0.25, 0.3) is 0 Å². The van der Waals surface area contributed by atoms with E-state index in [0.717, 1.165) is 25.8 Å².